The minimum Gasteiger partial charge on any atom is -0.447 e. The number of nitrogens with one attached hydrogen (secondary N) is 2. The summed E-state index contributed by atoms with van der Waals surface area (Å²) in [5, 5.41) is 2.69. The number of carbonyl (C=O) groups is 1. The average molecular weight is 297 g/mol. The van der Waals surface area contributed by atoms with Crippen LogP contribution in [0, 0.1) is 0 Å². The molecule has 0 aliphatic carbocycles. The van der Waals surface area contributed by atoms with Crippen molar-refractivity contribution < 1.29 is 23.2 Å². The highest BCUT2D eigenvalue weighted by atomic mass is 16.6. The molecule has 1 fully saturated rings. The van der Waals surface area contributed by atoms with Crippen LogP contribution in [0.3, 0.4) is 0 Å². The number of benzene rings is 1. The van der Waals surface area contributed by atoms with Crippen LogP contribution in [0.25, 0.3) is 10.9 Å². The Labute approximate surface area is 138 Å². The van der Waals surface area contributed by atoms with E-state index < -0.39 is 32.6 Å². The van der Waals surface area contributed by atoms with Crippen LogP contribution in [-0.2, 0) is 17.6 Å². The number of aromatic amines is 1. The Hall–Kier alpha value is -2.01. The molecule has 1 saturated heterocycles. The minimum atomic E-state index is -2.84. The number of nitrogens with zero attached hydrogens (tertiary/aromatic N) is 1. The molecule has 1 aliphatic rings. The predicted molar refractivity (Wildman–Crippen MR) is 82.5 cm³/mol. The molecule has 0 saturated carbocycles. The Kier molecular flexibility index (Phi) is 1.76. The number of H-pyrrole nitrogens is 1. The molecule has 2 heterocycles. The second kappa shape index (κ2) is 5.77. The third-order valence-electron chi connectivity index (χ3n) is 3.24. The third kappa shape index (κ3) is 3.19. The number of carbonyl (C=O) groups excluding carboxylic acids is 1. The number of rotatable bonds is 5. The summed E-state index contributed by atoms with van der Waals surface area (Å²) < 4.78 is 81.3. The Bertz CT molecular complexity index is 986. The van der Waals surface area contributed by atoms with Gasteiger partial charge in [-0.25, -0.2) is 4.79 Å². The number of amides is 1. The van der Waals surface area contributed by atoms with Gasteiger partial charge >= 0.3 is 6.09 Å². The smallest absolute Gasteiger partial charge is 0.407 e. The molecule has 0 spiro atoms. The molecule has 0 unspecified atom stereocenters. The number of aromatic nitrogens is 1. The van der Waals surface area contributed by atoms with E-state index in [0.29, 0.717) is 26.9 Å². The van der Waals surface area contributed by atoms with E-state index in [1.54, 1.807) is 18.2 Å². The number of likely N-dealkylation sites (N-methyl/N-ethyl adjacent to an activating group) is 1. The second-order valence-electron chi connectivity index (χ2n) is 4.78. The summed E-state index contributed by atoms with van der Waals surface area (Å²) in [5.41, 5.74) is 1.41. The maximum atomic E-state index is 11.4. The lowest BCUT2D eigenvalue weighted by Gasteiger charge is -2.09. The molecule has 1 aromatic heterocycles. The van der Waals surface area contributed by atoms with E-state index >= 15 is 0 Å². The van der Waals surface area contributed by atoms with E-state index in [2.05, 4.69) is 15.0 Å². The summed E-state index contributed by atoms with van der Waals surface area (Å²) in [6.45, 7) is -8.57. The van der Waals surface area contributed by atoms with Gasteiger partial charge in [-0.2, -0.15) is 0 Å². The molecule has 2 aromatic rings. The van der Waals surface area contributed by atoms with Gasteiger partial charge in [-0.1, -0.05) is 6.07 Å². The monoisotopic (exact) mass is 297 g/mol. The highest BCUT2D eigenvalue weighted by molar-refractivity contribution is 5.84. The molecule has 5 heteroatoms. The number of fused-ring (bicyclic) bond motifs is 1. The topological polar surface area (TPSA) is 57.4 Å². The maximum Gasteiger partial charge on any atom is 0.407 e. The zero-order chi connectivity index (χ0) is 23.4. The van der Waals surface area contributed by atoms with Gasteiger partial charge in [0.05, 0.1) is 11.5 Å². The van der Waals surface area contributed by atoms with Crippen LogP contribution in [0.2, 0.25) is 0 Å². The Balaban J connectivity index is 1.90. The van der Waals surface area contributed by atoms with Crippen molar-refractivity contribution in [1.29, 1.82) is 0 Å². The number of cyclic esters (lactones) is 1. The van der Waals surface area contributed by atoms with Gasteiger partial charge in [-0.3, -0.25) is 0 Å². The maximum absolute atomic E-state index is 11.4. The first-order chi connectivity index (χ1) is 14.0. The van der Waals surface area contributed by atoms with Crippen LogP contribution in [0.5, 0.6) is 0 Å². The van der Waals surface area contributed by atoms with Crippen molar-refractivity contribution in [1.82, 2.24) is 15.2 Å². The largest absolute Gasteiger partial charge is 0.447 e. The molecule has 0 radical (unpaired) electrons. The summed E-state index contributed by atoms with van der Waals surface area (Å²) in [4.78, 5) is 14.7. The average Bonchev–Trinajstić information content (AvgIpc) is 2.97. The van der Waals surface area contributed by atoms with E-state index in [9.17, 15) is 4.79 Å². The van der Waals surface area contributed by atoms with Gasteiger partial charge in [-0.05, 0) is 50.1 Å². The third-order valence-corrected chi connectivity index (χ3v) is 3.24. The van der Waals surface area contributed by atoms with Crippen LogP contribution in [0.4, 0.5) is 4.79 Å². The molecule has 1 aliphatic heterocycles. The summed E-state index contributed by atoms with van der Waals surface area (Å²) in [7, 11) is 0. The van der Waals surface area contributed by atoms with Gasteiger partial charge in [0.1, 0.15) is 6.56 Å². The fourth-order valence-corrected chi connectivity index (χ4v) is 2.26. The molecular weight excluding hydrogens is 266 g/mol. The highest BCUT2D eigenvalue weighted by Gasteiger charge is 2.22. The number of ether oxygens (including phenoxy) is 1. The lowest BCUT2D eigenvalue weighted by atomic mass is 10.0. The van der Waals surface area contributed by atoms with Crippen molar-refractivity contribution in [2.45, 2.75) is 18.9 Å². The molecule has 0 bridgehead atoms. The molecule has 21 heavy (non-hydrogen) atoms. The number of alkyl carbamates (subject to hydrolysis) is 1. The first-order valence-corrected chi connectivity index (χ1v) is 6.42. The van der Waals surface area contributed by atoms with Crippen LogP contribution in [0.1, 0.15) is 24.8 Å². The van der Waals surface area contributed by atoms with Crippen molar-refractivity contribution in [2.24, 2.45) is 0 Å². The quantitative estimate of drug-likeness (QED) is 0.886. The van der Waals surface area contributed by atoms with Crippen molar-refractivity contribution in [3.63, 3.8) is 0 Å². The zero-order valence-corrected chi connectivity index (χ0v) is 11.1. The molecular formula is C16H21N3O2. The highest BCUT2D eigenvalue weighted by Crippen LogP contribution is 2.21. The Morgan fingerprint density at radius 2 is 2.52 bits per heavy atom. The SMILES string of the molecule is [2H]c1[nH]c2ccc(C[C@]3([2H])NC(=O)OC3([2H])[2H])cc2c1CCN(C([2H])([2H])[2H])C([2H])([2H])[2H]. The van der Waals surface area contributed by atoms with Gasteiger partial charge in [0.2, 0.25) is 0 Å². The van der Waals surface area contributed by atoms with Gasteiger partial charge in [0.25, 0.3) is 0 Å². The van der Waals surface area contributed by atoms with Crippen molar-refractivity contribution in [3.8, 4) is 0 Å². The molecule has 1 amide bonds. The summed E-state index contributed by atoms with van der Waals surface area (Å²) in [6, 6.07) is 2.77. The first-order valence-electron chi connectivity index (χ1n) is 11.4. The van der Waals surface area contributed by atoms with Gasteiger partial charge in [-0.15, -0.1) is 0 Å². The fourth-order valence-electron chi connectivity index (χ4n) is 2.26. The van der Waals surface area contributed by atoms with Crippen molar-refractivity contribution in [2.75, 3.05) is 27.1 Å². The molecule has 1 aromatic carbocycles. The summed E-state index contributed by atoms with van der Waals surface area (Å²) >= 11 is 0. The van der Waals surface area contributed by atoms with Crippen LogP contribution in [-0.4, -0.2) is 49.1 Å². The molecule has 112 valence electrons. The van der Waals surface area contributed by atoms with E-state index in [4.69, 9.17) is 13.7 Å². The number of hydrogen-bond acceptors (Lipinski definition) is 3. The Morgan fingerprint density at radius 3 is 3.29 bits per heavy atom. The lowest BCUT2D eigenvalue weighted by Crippen LogP contribution is -2.28. The van der Waals surface area contributed by atoms with Gasteiger partial charge < -0.3 is 19.9 Å². The summed E-state index contributed by atoms with van der Waals surface area (Å²) in [6.07, 6.45) is -1.30. The molecule has 3 rings (SSSR count). The van der Waals surface area contributed by atoms with Crippen LogP contribution < -0.4 is 5.32 Å². The van der Waals surface area contributed by atoms with E-state index in [0.717, 1.165) is 0 Å². The van der Waals surface area contributed by atoms with Crippen LogP contribution >= 0.6 is 0 Å². The molecule has 2 N–H and O–H groups in total. The fraction of sp³-hybridized carbons (Fsp3) is 0.438. The van der Waals surface area contributed by atoms with Crippen LogP contribution in [0.15, 0.2) is 24.4 Å². The minimum absolute atomic E-state index is 0.00315. The zero-order valence-electron chi connectivity index (χ0n) is 21.1. The van der Waals surface area contributed by atoms with Crippen molar-refractivity contribution in [3.05, 3.63) is 35.5 Å². The lowest BCUT2D eigenvalue weighted by molar-refractivity contribution is 0.177. The first kappa shape index (κ1) is 6.40. The molecule has 5 nitrogen and oxygen atoms in total. The Morgan fingerprint density at radius 1 is 1.62 bits per heavy atom. The van der Waals surface area contributed by atoms with Gasteiger partial charge in [0.15, 0.2) is 0 Å². The normalized spacial score (nSPS) is 32.3. The molecule has 1 atom stereocenters. The second-order valence-corrected chi connectivity index (χ2v) is 4.78. The van der Waals surface area contributed by atoms with E-state index in [-0.39, 0.29) is 25.6 Å². The van der Waals surface area contributed by atoms with E-state index in [1.165, 1.54) is 0 Å². The predicted octanol–water partition coefficient (Wildman–Crippen LogP) is 1.92. The number of hydrogen-bond donors (Lipinski definition) is 2. The van der Waals surface area contributed by atoms with Crippen molar-refractivity contribution >= 4 is 17.0 Å². The van der Waals surface area contributed by atoms with E-state index in [1.807, 2.05) is 0 Å². The standard InChI is InChI=1S/C16H21N3O2/c1-19(2)6-5-12-9-17-15-4-3-11(8-14(12)15)7-13-10-21-16(20)18-13/h3-4,8-9,13,17H,5-7,10H2,1-2H3,(H,18,20)/t13-/m0/s1/i1D3,2D3,9D,10D2,13D. The van der Waals surface area contributed by atoms with Gasteiger partial charge in [0, 0.05) is 31.8 Å². The summed E-state index contributed by atoms with van der Waals surface area (Å²) in [5.74, 6) is 0.